The van der Waals surface area contributed by atoms with Crippen LogP contribution < -0.4 is 14.8 Å². The summed E-state index contributed by atoms with van der Waals surface area (Å²) in [5.74, 6) is 2.70. The highest BCUT2D eigenvalue weighted by Crippen LogP contribution is 2.27. The summed E-state index contributed by atoms with van der Waals surface area (Å²) < 4.78 is 10.7. The van der Waals surface area contributed by atoms with E-state index in [1.54, 1.807) is 14.2 Å². The first-order chi connectivity index (χ1) is 12.2. The van der Waals surface area contributed by atoms with Crippen LogP contribution in [0.15, 0.2) is 18.2 Å². The van der Waals surface area contributed by atoms with Gasteiger partial charge < -0.3 is 19.7 Å². The van der Waals surface area contributed by atoms with E-state index in [0.717, 1.165) is 69.7 Å². The Balaban J connectivity index is 1.47. The normalized spacial score (nSPS) is 21.4. The minimum Gasteiger partial charge on any atom is -0.497 e. The van der Waals surface area contributed by atoms with Gasteiger partial charge in [0.25, 0.3) is 0 Å². The molecule has 25 heavy (non-hydrogen) atoms. The molecule has 2 aliphatic heterocycles. The quantitative estimate of drug-likeness (QED) is 0.860. The maximum Gasteiger partial charge on any atom is 0.239 e. The molecule has 2 saturated heterocycles. The second-order valence-electron chi connectivity index (χ2n) is 7.18. The Kier molecular flexibility index (Phi) is 6.19. The first-order valence-electron chi connectivity index (χ1n) is 9.43. The third kappa shape index (κ3) is 4.66. The van der Waals surface area contributed by atoms with Crippen LogP contribution in [-0.2, 0) is 11.2 Å². The zero-order valence-electron chi connectivity index (χ0n) is 15.4. The first-order valence-corrected chi connectivity index (χ1v) is 9.43. The van der Waals surface area contributed by atoms with Gasteiger partial charge in [-0.1, -0.05) is 0 Å². The zero-order chi connectivity index (χ0) is 17.6. The first kappa shape index (κ1) is 18.1. The molecule has 2 heterocycles. The number of carbonyl (C=O) groups is 1. The fourth-order valence-electron chi connectivity index (χ4n) is 3.94. The van der Waals surface area contributed by atoms with Gasteiger partial charge in [-0.3, -0.25) is 4.79 Å². The molecular formula is C20H30N2O3. The van der Waals surface area contributed by atoms with Gasteiger partial charge in [0.2, 0.25) is 5.91 Å². The van der Waals surface area contributed by atoms with Gasteiger partial charge in [-0.2, -0.15) is 0 Å². The fourth-order valence-corrected chi connectivity index (χ4v) is 3.94. The summed E-state index contributed by atoms with van der Waals surface area (Å²) in [7, 11) is 3.37. The molecule has 1 aromatic carbocycles. The van der Waals surface area contributed by atoms with Crippen LogP contribution in [0.4, 0.5) is 0 Å². The van der Waals surface area contributed by atoms with Crippen LogP contribution in [0.3, 0.4) is 0 Å². The number of methoxy groups -OCH3 is 2. The average Bonchev–Trinajstić information content (AvgIpc) is 3.20. The van der Waals surface area contributed by atoms with Gasteiger partial charge in [-0.15, -0.1) is 0 Å². The van der Waals surface area contributed by atoms with Crippen LogP contribution in [-0.4, -0.2) is 50.7 Å². The van der Waals surface area contributed by atoms with E-state index in [1.165, 1.54) is 5.56 Å². The molecule has 1 unspecified atom stereocenters. The van der Waals surface area contributed by atoms with Gasteiger partial charge in [0, 0.05) is 19.2 Å². The Labute approximate surface area is 150 Å². The van der Waals surface area contributed by atoms with E-state index in [1.807, 2.05) is 6.07 Å². The summed E-state index contributed by atoms with van der Waals surface area (Å²) in [5, 5.41) is 3.32. The second kappa shape index (κ2) is 8.56. The smallest absolute Gasteiger partial charge is 0.239 e. The van der Waals surface area contributed by atoms with Gasteiger partial charge in [-0.05, 0) is 68.7 Å². The molecule has 138 valence electrons. The molecule has 0 aromatic heterocycles. The monoisotopic (exact) mass is 346 g/mol. The van der Waals surface area contributed by atoms with Crippen LogP contribution >= 0.6 is 0 Å². The molecule has 1 aromatic rings. The zero-order valence-corrected chi connectivity index (χ0v) is 15.4. The number of hydrogen-bond donors (Lipinski definition) is 1. The Morgan fingerprint density at radius 2 is 1.80 bits per heavy atom. The summed E-state index contributed by atoms with van der Waals surface area (Å²) >= 11 is 0. The Bertz CT molecular complexity index is 554. The summed E-state index contributed by atoms with van der Waals surface area (Å²) in [4.78, 5) is 14.5. The number of nitrogens with zero attached hydrogens (tertiary/aromatic N) is 1. The summed E-state index contributed by atoms with van der Waals surface area (Å²) in [6.07, 6.45) is 6.52. The molecule has 0 spiro atoms. The molecule has 5 nitrogen and oxygen atoms in total. The minimum atomic E-state index is 0.0702. The maximum atomic E-state index is 12.5. The molecule has 1 amide bonds. The molecule has 1 atom stereocenters. The summed E-state index contributed by atoms with van der Waals surface area (Å²) in [5.41, 5.74) is 1.25. The van der Waals surface area contributed by atoms with E-state index in [2.05, 4.69) is 22.3 Å². The van der Waals surface area contributed by atoms with Crippen molar-refractivity contribution in [2.24, 2.45) is 5.92 Å². The van der Waals surface area contributed by atoms with Crippen molar-refractivity contribution in [1.82, 2.24) is 10.2 Å². The second-order valence-corrected chi connectivity index (χ2v) is 7.18. The topological polar surface area (TPSA) is 50.8 Å². The van der Waals surface area contributed by atoms with Crippen LogP contribution in [0.25, 0.3) is 0 Å². The van der Waals surface area contributed by atoms with E-state index < -0.39 is 0 Å². The average molecular weight is 346 g/mol. The van der Waals surface area contributed by atoms with Crippen molar-refractivity contribution in [2.45, 2.75) is 44.6 Å². The van der Waals surface area contributed by atoms with Gasteiger partial charge in [0.15, 0.2) is 0 Å². The number of rotatable bonds is 6. The lowest BCUT2D eigenvalue weighted by Crippen LogP contribution is -2.47. The van der Waals surface area contributed by atoms with Crippen LogP contribution in [0.2, 0.25) is 0 Å². The predicted octanol–water partition coefficient (Wildman–Crippen LogP) is 2.63. The van der Waals surface area contributed by atoms with E-state index in [9.17, 15) is 4.79 Å². The Morgan fingerprint density at radius 1 is 1.12 bits per heavy atom. The molecular weight excluding hydrogens is 316 g/mol. The predicted molar refractivity (Wildman–Crippen MR) is 98.2 cm³/mol. The third-order valence-electron chi connectivity index (χ3n) is 5.54. The standard InChI is InChI=1S/C20H30N2O3/c1-24-17-12-16(13-18(14-17)25-2)6-5-15-7-10-22(11-8-15)20(23)19-4-3-9-21-19/h12-15,19,21H,3-11H2,1-2H3. The highest BCUT2D eigenvalue weighted by molar-refractivity contribution is 5.82. The van der Waals surface area contributed by atoms with Gasteiger partial charge in [0.1, 0.15) is 11.5 Å². The van der Waals surface area contributed by atoms with E-state index in [0.29, 0.717) is 11.8 Å². The van der Waals surface area contributed by atoms with Crippen LogP contribution in [0, 0.1) is 5.92 Å². The van der Waals surface area contributed by atoms with E-state index in [4.69, 9.17) is 9.47 Å². The fraction of sp³-hybridized carbons (Fsp3) is 0.650. The molecule has 0 bridgehead atoms. The summed E-state index contributed by atoms with van der Waals surface area (Å²) in [6.45, 7) is 2.79. The van der Waals surface area contributed by atoms with Crippen LogP contribution in [0.1, 0.15) is 37.7 Å². The molecule has 1 N–H and O–H groups in total. The van der Waals surface area contributed by atoms with Crippen molar-refractivity contribution in [2.75, 3.05) is 33.9 Å². The molecule has 0 saturated carbocycles. The van der Waals surface area contributed by atoms with E-state index in [-0.39, 0.29) is 6.04 Å². The van der Waals surface area contributed by atoms with Crippen molar-refractivity contribution in [3.63, 3.8) is 0 Å². The van der Waals surface area contributed by atoms with Crippen molar-refractivity contribution in [1.29, 1.82) is 0 Å². The molecule has 3 rings (SSSR count). The Hall–Kier alpha value is -1.75. The summed E-state index contributed by atoms with van der Waals surface area (Å²) in [6, 6.07) is 6.16. The molecule has 5 heteroatoms. The number of hydrogen-bond acceptors (Lipinski definition) is 4. The minimum absolute atomic E-state index is 0.0702. The molecule has 0 aliphatic carbocycles. The molecule has 2 aliphatic rings. The number of benzene rings is 1. The lowest BCUT2D eigenvalue weighted by atomic mass is 9.90. The SMILES string of the molecule is COc1cc(CCC2CCN(C(=O)C3CCCN3)CC2)cc(OC)c1. The van der Waals surface area contributed by atoms with Crippen molar-refractivity contribution in [3.05, 3.63) is 23.8 Å². The maximum absolute atomic E-state index is 12.5. The van der Waals surface area contributed by atoms with Crippen LogP contribution in [0.5, 0.6) is 11.5 Å². The van der Waals surface area contributed by atoms with Crippen molar-refractivity contribution in [3.8, 4) is 11.5 Å². The molecule has 0 radical (unpaired) electrons. The molecule has 2 fully saturated rings. The number of aryl methyl sites for hydroxylation is 1. The largest absolute Gasteiger partial charge is 0.497 e. The number of likely N-dealkylation sites (tertiary alicyclic amines) is 1. The number of amides is 1. The highest BCUT2D eigenvalue weighted by Gasteiger charge is 2.29. The lowest BCUT2D eigenvalue weighted by Gasteiger charge is -2.33. The van der Waals surface area contributed by atoms with Gasteiger partial charge in [-0.25, -0.2) is 0 Å². The van der Waals surface area contributed by atoms with E-state index >= 15 is 0 Å². The number of carbonyl (C=O) groups excluding carboxylic acids is 1. The van der Waals surface area contributed by atoms with Gasteiger partial charge >= 0.3 is 0 Å². The van der Waals surface area contributed by atoms with Crippen molar-refractivity contribution >= 4 is 5.91 Å². The number of ether oxygens (including phenoxy) is 2. The highest BCUT2D eigenvalue weighted by atomic mass is 16.5. The Morgan fingerprint density at radius 3 is 2.36 bits per heavy atom. The number of nitrogens with one attached hydrogen (secondary N) is 1. The van der Waals surface area contributed by atoms with Gasteiger partial charge in [0.05, 0.1) is 20.3 Å². The third-order valence-corrected chi connectivity index (χ3v) is 5.54. The number of piperidine rings is 1. The lowest BCUT2D eigenvalue weighted by molar-refractivity contribution is -0.134. The van der Waals surface area contributed by atoms with Crippen molar-refractivity contribution < 1.29 is 14.3 Å².